The number of aromatic nitrogens is 1. The SMILES string of the molecule is CCOc1cccnc1NCC(C)CC. The maximum Gasteiger partial charge on any atom is 0.168 e. The average Bonchev–Trinajstić information content (AvgIpc) is 2.28. The van der Waals surface area contributed by atoms with Gasteiger partial charge in [0.25, 0.3) is 0 Å². The van der Waals surface area contributed by atoms with E-state index >= 15 is 0 Å². The van der Waals surface area contributed by atoms with E-state index in [9.17, 15) is 0 Å². The molecule has 0 bridgehead atoms. The molecule has 1 rings (SSSR count). The molecule has 0 aliphatic rings. The van der Waals surface area contributed by atoms with Gasteiger partial charge in [0.2, 0.25) is 0 Å². The highest BCUT2D eigenvalue weighted by molar-refractivity contribution is 5.49. The molecular formula is C12H20N2O. The van der Waals surface area contributed by atoms with E-state index in [2.05, 4.69) is 24.1 Å². The zero-order chi connectivity index (χ0) is 11.1. The Morgan fingerprint density at radius 2 is 2.27 bits per heavy atom. The molecule has 0 spiro atoms. The van der Waals surface area contributed by atoms with Crippen LogP contribution in [0, 0.1) is 5.92 Å². The first-order valence-electron chi connectivity index (χ1n) is 5.59. The van der Waals surface area contributed by atoms with Gasteiger partial charge in [0, 0.05) is 12.7 Å². The third kappa shape index (κ3) is 3.78. The molecule has 0 radical (unpaired) electrons. The summed E-state index contributed by atoms with van der Waals surface area (Å²) < 4.78 is 5.48. The van der Waals surface area contributed by atoms with Gasteiger partial charge in [-0.3, -0.25) is 0 Å². The molecule has 3 heteroatoms. The molecule has 0 amide bonds. The molecule has 15 heavy (non-hydrogen) atoms. The fourth-order valence-electron chi connectivity index (χ4n) is 1.21. The van der Waals surface area contributed by atoms with Gasteiger partial charge in [-0.15, -0.1) is 0 Å². The minimum atomic E-state index is 0.654. The summed E-state index contributed by atoms with van der Waals surface area (Å²) in [5, 5.41) is 3.31. The Kier molecular flexibility index (Phi) is 4.95. The molecular weight excluding hydrogens is 188 g/mol. The van der Waals surface area contributed by atoms with Gasteiger partial charge in [-0.1, -0.05) is 20.3 Å². The quantitative estimate of drug-likeness (QED) is 0.780. The molecule has 0 saturated carbocycles. The van der Waals surface area contributed by atoms with E-state index in [4.69, 9.17) is 4.74 Å². The Bertz CT molecular complexity index is 289. The molecule has 0 fully saturated rings. The Labute approximate surface area is 91.9 Å². The van der Waals surface area contributed by atoms with Crippen LogP contribution in [-0.4, -0.2) is 18.1 Å². The highest BCUT2D eigenvalue weighted by Gasteiger charge is 2.04. The van der Waals surface area contributed by atoms with Crippen LogP contribution in [-0.2, 0) is 0 Å². The number of ether oxygens (including phenoxy) is 1. The second kappa shape index (κ2) is 6.27. The number of hydrogen-bond acceptors (Lipinski definition) is 3. The monoisotopic (exact) mass is 208 g/mol. The maximum atomic E-state index is 5.48. The second-order valence-electron chi connectivity index (χ2n) is 3.68. The number of hydrogen-bond donors (Lipinski definition) is 1. The summed E-state index contributed by atoms with van der Waals surface area (Å²) in [5.74, 6) is 2.34. The molecule has 0 saturated heterocycles. The Balaban J connectivity index is 2.58. The lowest BCUT2D eigenvalue weighted by atomic mass is 10.1. The van der Waals surface area contributed by atoms with Crippen LogP contribution in [0.3, 0.4) is 0 Å². The van der Waals surface area contributed by atoms with Gasteiger partial charge in [-0.2, -0.15) is 0 Å². The van der Waals surface area contributed by atoms with Crippen molar-refractivity contribution < 1.29 is 4.74 Å². The summed E-state index contributed by atoms with van der Waals surface area (Å²) in [7, 11) is 0. The molecule has 84 valence electrons. The molecule has 1 atom stereocenters. The lowest BCUT2D eigenvalue weighted by Crippen LogP contribution is -2.12. The first kappa shape index (κ1) is 11.8. The first-order valence-corrected chi connectivity index (χ1v) is 5.59. The third-order valence-corrected chi connectivity index (χ3v) is 2.39. The van der Waals surface area contributed by atoms with Gasteiger partial charge in [0.1, 0.15) is 0 Å². The molecule has 1 heterocycles. The van der Waals surface area contributed by atoms with Crippen molar-refractivity contribution in [3.63, 3.8) is 0 Å². The fourth-order valence-corrected chi connectivity index (χ4v) is 1.21. The average molecular weight is 208 g/mol. The largest absolute Gasteiger partial charge is 0.490 e. The predicted molar refractivity (Wildman–Crippen MR) is 63.4 cm³/mol. The smallest absolute Gasteiger partial charge is 0.168 e. The Morgan fingerprint density at radius 3 is 2.93 bits per heavy atom. The summed E-state index contributed by atoms with van der Waals surface area (Å²) in [6, 6.07) is 3.83. The molecule has 3 nitrogen and oxygen atoms in total. The van der Waals surface area contributed by atoms with Crippen LogP contribution in [0.15, 0.2) is 18.3 Å². The van der Waals surface area contributed by atoms with Crippen molar-refractivity contribution in [1.82, 2.24) is 4.98 Å². The lowest BCUT2D eigenvalue weighted by molar-refractivity contribution is 0.340. The summed E-state index contributed by atoms with van der Waals surface area (Å²) in [5.41, 5.74) is 0. The number of nitrogens with one attached hydrogen (secondary N) is 1. The molecule has 0 aliphatic carbocycles. The van der Waals surface area contributed by atoms with Crippen molar-refractivity contribution >= 4 is 5.82 Å². The minimum absolute atomic E-state index is 0.654. The van der Waals surface area contributed by atoms with Crippen LogP contribution in [0.4, 0.5) is 5.82 Å². The van der Waals surface area contributed by atoms with Crippen molar-refractivity contribution in [2.45, 2.75) is 27.2 Å². The van der Waals surface area contributed by atoms with E-state index in [-0.39, 0.29) is 0 Å². The van der Waals surface area contributed by atoms with Crippen LogP contribution in [0.25, 0.3) is 0 Å². The van der Waals surface area contributed by atoms with Crippen LogP contribution in [0.1, 0.15) is 27.2 Å². The number of rotatable bonds is 6. The maximum absolute atomic E-state index is 5.48. The van der Waals surface area contributed by atoms with Gasteiger partial charge < -0.3 is 10.1 Å². The van der Waals surface area contributed by atoms with E-state index in [0.717, 1.165) is 18.1 Å². The molecule has 1 unspecified atom stereocenters. The number of anilines is 1. The van der Waals surface area contributed by atoms with Crippen molar-refractivity contribution in [3.05, 3.63) is 18.3 Å². The summed E-state index contributed by atoms with van der Waals surface area (Å²) in [4.78, 5) is 4.27. The van der Waals surface area contributed by atoms with Crippen LogP contribution < -0.4 is 10.1 Å². The van der Waals surface area contributed by atoms with Crippen molar-refractivity contribution in [2.24, 2.45) is 5.92 Å². The normalized spacial score (nSPS) is 12.2. The second-order valence-corrected chi connectivity index (χ2v) is 3.68. The molecule has 1 aromatic rings. The van der Waals surface area contributed by atoms with Crippen molar-refractivity contribution in [3.8, 4) is 5.75 Å². The lowest BCUT2D eigenvalue weighted by Gasteiger charge is -2.13. The molecule has 0 aliphatic heterocycles. The zero-order valence-electron chi connectivity index (χ0n) is 9.79. The highest BCUT2D eigenvalue weighted by atomic mass is 16.5. The molecule has 1 aromatic heterocycles. The summed E-state index contributed by atoms with van der Waals surface area (Å²) in [6.45, 7) is 7.99. The van der Waals surface area contributed by atoms with Crippen molar-refractivity contribution in [1.29, 1.82) is 0 Å². The van der Waals surface area contributed by atoms with Crippen LogP contribution >= 0.6 is 0 Å². The standard InChI is InChI=1S/C12H20N2O/c1-4-10(3)9-14-12-11(15-5-2)7-6-8-13-12/h6-8,10H,4-5,9H2,1-3H3,(H,13,14). The van der Waals surface area contributed by atoms with Crippen molar-refractivity contribution in [2.75, 3.05) is 18.5 Å². The Hall–Kier alpha value is -1.25. The van der Waals surface area contributed by atoms with E-state index in [1.807, 2.05) is 19.1 Å². The zero-order valence-corrected chi connectivity index (χ0v) is 9.79. The van der Waals surface area contributed by atoms with E-state index in [1.165, 1.54) is 6.42 Å². The van der Waals surface area contributed by atoms with E-state index < -0.39 is 0 Å². The molecule has 0 aromatic carbocycles. The first-order chi connectivity index (χ1) is 7.27. The fraction of sp³-hybridized carbons (Fsp3) is 0.583. The predicted octanol–water partition coefficient (Wildman–Crippen LogP) is 2.94. The van der Waals surface area contributed by atoms with E-state index in [0.29, 0.717) is 12.5 Å². The number of pyridine rings is 1. The van der Waals surface area contributed by atoms with Gasteiger partial charge in [-0.25, -0.2) is 4.98 Å². The van der Waals surface area contributed by atoms with Gasteiger partial charge in [0.05, 0.1) is 6.61 Å². The van der Waals surface area contributed by atoms with E-state index in [1.54, 1.807) is 6.20 Å². The summed E-state index contributed by atoms with van der Waals surface area (Å²) in [6.07, 6.45) is 2.95. The Morgan fingerprint density at radius 1 is 1.47 bits per heavy atom. The van der Waals surface area contributed by atoms with Crippen LogP contribution in [0.2, 0.25) is 0 Å². The third-order valence-electron chi connectivity index (χ3n) is 2.39. The minimum Gasteiger partial charge on any atom is -0.490 e. The highest BCUT2D eigenvalue weighted by Crippen LogP contribution is 2.20. The van der Waals surface area contributed by atoms with Gasteiger partial charge in [0.15, 0.2) is 11.6 Å². The van der Waals surface area contributed by atoms with Gasteiger partial charge in [-0.05, 0) is 25.0 Å². The topological polar surface area (TPSA) is 34.1 Å². The summed E-state index contributed by atoms with van der Waals surface area (Å²) >= 11 is 0. The van der Waals surface area contributed by atoms with Crippen LogP contribution in [0.5, 0.6) is 5.75 Å². The molecule has 1 N–H and O–H groups in total. The van der Waals surface area contributed by atoms with Gasteiger partial charge >= 0.3 is 0 Å². The number of nitrogens with zero attached hydrogens (tertiary/aromatic N) is 1.